The molecule has 0 aromatic carbocycles. The van der Waals surface area contributed by atoms with Crippen LogP contribution in [0.15, 0.2) is 22.9 Å². The molecule has 1 aliphatic heterocycles. The molecule has 1 saturated heterocycles. The maximum absolute atomic E-state index is 11.6. The van der Waals surface area contributed by atoms with Crippen molar-refractivity contribution in [1.29, 1.82) is 0 Å². The van der Waals surface area contributed by atoms with Crippen molar-refractivity contribution in [2.24, 2.45) is 4.99 Å². The van der Waals surface area contributed by atoms with E-state index >= 15 is 0 Å². The van der Waals surface area contributed by atoms with Crippen LogP contribution in [0.25, 0.3) is 0 Å². The molecule has 0 bridgehead atoms. The average Bonchev–Trinajstić information content (AvgIpc) is 2.75. The van der Waals surface area contributed by atoms with E-state index in [4.69, 9.17) is 0 Å². The van der Waals surface area contributed by atoms with Gasteiger partial charge in [-0.1, -0.05) is 36.5 Å². The number of aliphatic imine (C=N–C) groups is 1. The van der Waals surface area contributed by atoms with Gasteiger partial charge >= 0.3 is 0 Å². The molecule has 1 aromatic rings. The van der Waals surface area contributed by atoms with E-state index in [-0.39, 0.29) is 5.91 Å². The lowest BCUT2D eigenvalue weighted by molar-refractivity contribution is 0.101. The van der Waals surface area contributed by atoms with E-state index < -0.39 is 0 Å². The molecule has 0 radical (unpaired) electrons. The Labute approximate surface area is 93.0 Å². The molecule has 2 heterocycles. The topological polar surface area (TPSA) is 29.4 Å². The second-order valence-corrected chi connectivity index (χ2v) is 6.86. The minimum atomic E-state index is -0.0579. The highest BCUT2D eigenvalue weighted by Crippen LogP contribution is 2.33. The lowest BCUT2D eigenvalue weighted by Crippen LogP contribution is -1.93. The molecule has 74 valence electrons. The van der Waals surface area contributed by atoms with Crippen molar-refractivity contribution in [2.75, 3.05) is 5.75 Å². The smallest absolute Gasteiger partial charge is 0.266 e. The van der Waals surface area contributed by atoms with E-state index in [2.05, 4.69) is 11.9 Å². The van der Waals surface area contributed by atoms with E-state index in [0.717, 1.165) is 15.4 Å². The normalized spacial score (nSPS) is 24.9. The predicted octanol–water partition coefficient (Wildman–Crippen LogP) is 3.08. The van der Waals surface area contributed by atoms with Crippen molar-refractivity contribution >= 4 is 42.0 Å². The molecule has 14 heavy (non-hydrogen) atoms. The molecule has 1 fully saturated rings. The standard InChI is InChI=1S/C9H10NOPS2/c1-6-5-13-9(14-6)10-8(11)7-3-2-4-12-7/h2-4,6,12H,5H2,1H3. The van der Waals surface area contributed by atoms with Gasteiger partial charge < -0.3 is 0 Å². The zero-order chi connectivity index (χ0) is 9.97. The summed E-state index contributed by atoms with van der Waals surface area (Å²) in [5, 5.41) is 1.42. The molecule has 0 spiro atoms. The summed E-state index contributed by atoms with van der Waals surface area (Å²) in [5.41, 5.74) is 0. The number of nitrogens with zero attached hydrogens (tertiary/aromatic N) is 1. The Bertz CT molecular complexity index is 361. The van der Waals surface area contributed by atoms with Crippen LogP contribution in [0.3, 0.4) is 0 Å². The molecule has 2 nitrogen and oxygen atoms in total. The van der Waals surface area contributed by atoms with Crippen molar-refractivity contribution < 1.29 is 4.79 Å². The number of thioether (sulfide) groups is 2. The first-order valence-electron chi connectivity index (χ1n) is 4.31. The maximum Gasteiger partial charge on any atom is 0.282 e. The molecule has 2 atom stereocenters. The Morgan fingerprint density at radius 2 is 2.57 bits per heavy atom. The van der Waals surface area contributed by atoms with E-state index in [1.165, 1.54) is 0 Å². The number of rotatable bonds is 1. The summed E-state index contributed by atoms with van der Waals surface area (Å²) in [6.07, 6.45) is 0. The number of amides is 1. The van der Waals surface area contributed by atoms with Crippen LogP contribution in [0.5, 0.6) is 0 Å². The lowest BCUT2D eigenvalue weighted by Gasteiger charge is -1.94. The highest BCUT2D eigenvalue weighted by atomic mass is 32.2. The lowest BCUT2D eigenvalue weighted by atomic mass is 10.5. The summed E-state index contributed by atoms with van der Waals surface area (Å²) < 4.78 is 0.931. The molecule has 2 unspecified atom stereocenters. The summed E-state index contributed by atoms with van der Waals surface area (Å²) in [5.74, 6) is 3.01. The van der Waals surface area contributed by atoms with Gasteiger partial charge in [0.05, 0.1) is 5.30 Å². The van der Waals surface area contributed by atoms with Crippen LogP contribution in [-0.2, 0) is 0 Å². The van der Waals surface area contributed by atoms with Gasteiger partial charge in [-0.05, 0) is 11.9 Å². The van der Waals surface area contributed by atoms with E-state index in [0.29, 0.717) is 13.4 Å². The van der Waals surface area contributed by atoms with Crippen LogP contribution in [0, 0.1) is 0 Å². The van der Waals surface area contributed by atoms with Crippen molar-refractivity contribution in [3.8, 4) is 0 Å². The van der Waals surface area contributed by atoms with Crippen LogP contribution < -0.4 is 0 Å². The second kappa shape index (κ2) is 4.56. The Morgan fingerprint density at radius 3 is 3.14 bits per heavy atom. The molecule has 0 saturated carbocycles. The fourth-order valence-corrected chi connectivity index (χ4v) is 4.29. The molecule has 1 amide bonds. The predicted molar refractivity (Wildman–Crippen MR) is 67.2 cm³/mol. The monoisotopic (exact) mass is 243 g/mol. The third-order valence-corrected chi connectivity index (χ3v) is 5.54. The molecule has 0 N–H and O–H groups in total. The highest BCUT2D eigenvalue weighted by molar-refractivity contribution is 8.41. The molecular formula is C9H10NOPS2. The average molecular weight is 243 g/mol. The number of carbonyl (C=O) groups is 1. The van der Waals surface area contributed by atoms with Gasteiger partial charge in [0.2, 0.25) is 0 Å². The summed E-state index contributed by atoms with van der Waals surface area (Å²) in [6, 6.07) is 3.78. The van der Waals surface area contributed by atoms with Crippen molar-refractivity contribution in [1.82, 2.24) is 0 Å². The first-order chi connectivity index (χ1) is 6.75. The molecule has 0 aliphatic carbocycles. The second-order valence-electron chi connectivity index (χ2n) is 3.01. The Morgan fingerprint density at radius 1 is 1.71 bits per heavy atom. The SMILES string of the molecule is CC1CSC(=NC(=O)c2ccc[pH]2)S1. The Kier molecular flexibility index (Phi) is 3.37. The molecule has 5 heteroatoms. The van der Waals surface area contributed by atoms with E-state index in [1.807, 2.05) is 17.9 Å². The van der Waals surface area contributed by atoms with Gasteiger partial charge in [-0.15, -0.1) is 8.19 Å². The Hall–Kier alpha value is -0.180. The Balaban J connectivity index is 2.07. The van der Waals surface area contributed by atoms with Gasteiger partial charge in [-0.2, -0.15) is 4.99 Å². The fraction of sp³-hybridized carbons (Fsp3) is 0.333. The molecule has 1 aliphatic rings. The van der Waals surface area contributed by atoms with Gasteiger partial charge in [0.25, 0.3) is 5.91 Å². The summed E-state index contributed by atoms with van der Waals surface area (Å²) in [6.45, 7) is 2.16. The molecule has 1 aromatic heterocycles. The zero-order valence-electron chi connectivity index (χ0n) is 7.69. The van der Waals surface area contributed by atoms with E-state index in [9.17, 15) is 4.79 Å². The summed E-state index contributed by atoms with van der Waals surface area (Å²) >= 11 is 3.39. The summed E-state index contributed by atoms with van der Waals surface area (Å²) in [7, 11) is 0.502. The number of hydrogen-bond acceptors (Lipinski definition) is 3. The van der Waals surface area contributed by atoms with Gasteiger partial charge in [-0.25, -0.2) is 0 Å². The highest BCUT2D eigenvalue weighted by Gasteiger charge is 2.19. The quantitative estimate of drug-likeness (QED) is 0.759. The first-order valence-corrected chi connectivity index (χ1v) is 7.26. The van der Waals surface area contributed by atoms with Crippen molar-refractivity contribution in [3.63, 3.8) is 0 Å². The van der Waals surface area contributed by atoms with E-state index in [1.54, 1.807) is 23.5 Å². The third-order valence-electron chi connectivity index (χ3n) is 1.76. The van der Waals surface area contributed by atoms with Crippen molar-refractivity contribution in [3.05, 3.63) is 23.2 Å². The van der Waals surface area contributed by atoms with Crippen LogP contribution in [0.1, 0.15) is 17.0 Å². The van der Waals surface area contributed by atoms with Gasteiger partial charge in [0, 0.05) is 11.0 Å². The van der Waals surface area contributed by atoms with Crippen LogP contribution in [0.2, 0.25) is 0 Å². The molecule has 2 rings (SSSR count). The largest absolute Gasteiger partial charge is 0.282 e. The number of carbonyl (C=O) groups excluding carboxylic acids is 1. The number of hydrogen-bond donors (Lipinski definition) is 0. The van der Waals surface area contributed by atoms with Crippen LogP contribution >= 0.6 is 31.7 Å². The van der Waals surface area contributed by atoms with Crippen LogP contribution in [0.4, 0.5) is 0 Å². The summed E-state index contributed by atoms with van der Waals surface area (Å²) in [4.78, 5) is 15.7. The minimum Gasteiger partial charge on any atom is -0.266 e. The van der Waals surface area contributed by atoms with Gasteiger partial charge in [0.15, 0.2) is 0 Å². The minimum absolute atomic E-state index is 0.0579. The fourth-order valence-electron chi connectivity index (χ4n) is 1.09. The third kappa shape index (κ3) is 2.44. The van der Waals surface area contributed by atoms with Gasteiger partial charge in [0.1, 0.15) is 4.38 Å². The van der Waals surface area contributed by atoms with Crippen molar-refractivity contribution in [2.45, 2.75) is 12.2 Å². The van der Waals surface area contributed by atoms with Gasteiger partial charge in [-0.3, -0.25) is 4.79 Å². The zero-order valence-corrected chi connectivity index (χ0v) is 10.3. The van der Waals surface area contributed by atoms with Crippen LogP contribution in [-0.4, -0.2) is 21.3 Å². The molecular weight excluding hydrogens is 233 g/mol. The maximum atomic E-state index is 11.6. The first kappa shape index (κ1) is 10.3.